The summed E-state index contributed by atoms with van der Waals surface area (Å²) in [6, 6.07) is 6.89. The topological polar surface area (TPSA) is 71.2 Å². The number of nitrogens with zero attached hydrogens (tertiary/aromatic N) is 4. The molecule has 0 radical (unpaired) electrons. The summed E-state index contributed by atoms with van der Waals surface area (Å²) in [6.07, 6.45) is 0. The van der Waals surface area contributed by atoms with Crippen LogP contribution in [0.2, 0.25) is 0 Å². The maximum atomic E-state index is 12.3. The summed E-state index contributed by atoms with van der Waals surface area (Å²) >= 11 is 0. The maximum Gasteiger partial charge on any atom is 0.321 e. The van der Waals surface area contributed by atoms with Crippen molar-refractivity contribution in [2.75, 3.05) is 77.1 Å². The van der Waals surface area contributed by atoms with Crippen molar-refractivity contribution in [3.05, 3.63) is 24.3 Å². The van der Waals surface area contributed by atoms with Crippen LogP contribution < -0.4 is 10.6 Å². The van der Waals surface area contributed by atoms with Crippen molar-refractivity contribution in [1.82, 2.24) is 19.6 Å². The van der Waals surface area contributed by atoms with Crippen LogP contribution in [0.3, 0.4) is 0 Å². The van der Waals surface area contributed by atoms with E-state index in [0.29, 0.717) is 24.5 Å². The molecule has 8 heteroatoms. The van der Waals surface area contributed by atoms with Gasteiger partial charge in [-0.25, -0.2) is 9.59 Å². The normalized spacial score (nSPS) is 10.9. The number of likely N-dealkylation sites (N-methyl/N-ethyl adjacent to an activating group) is 4. The first kappa shape index (κ1) is 25.7. The van der Waals surface area contributed by atoms with E-state index in [0.717, 1.165) is 39.3 Å². The van der Waals surface area contributed by atoms with Crippen molar-refractivity contribution >= 4 is 23.4 Å². The van der Waals surface area contributed by atoms with Crippen molar-refractivity contribution in [1.29, 1.82) is 0 Å². The third kappa shape index (κ3) is 9.00. The van der Waals surface area contributed by atoms with Crippen LogP contribution in [0.5, 0.6) is 0 Å². The Morgan fingerprint density at radius 3 is 1.20 bits per heavy atom. The van der Waals surface area contributed by atoms with Gasteiger partial charge < -0.3 is 30.2 Å². The van der Waals surface area contributed by atoms with Gasteiger partial charge in [0.2, 0.25) is 0 Å². The van der Waals surface area contributed by atoms with Crippen LogP contribution in [0.15, 0.2) is 24.3 Å². The molecular weight excluding hydrogens is 380 g/mol. The molecule has 0 saturated heterocycles. The van der Waals surface area contributed by atoms with Crippen LogP contribution in [-0.2, 0) is 0 Å². The van der Waals surface area contributed by atoms with Gasteiger partial charge in [0.15, 0.2) is 0 Å². The van der Waals surface area contributed by atoms with Crippen LogP contribution in [0.1, 0.15) is 27.7 Å². The molecule has 0 spiro atoms. The molecule has 0 heterocycles. The van der Waals surface area contributed by atoms with E-state index in [-0.39, 0.29) is 12.1 Å². The van der Waals surface area contributed by atoms with Gasteiger partial charge in [-0.05, 0) is 50.4 Å². The Morgan fingerprint density at radius 1 is 0.633 bits per heavy atom. The molecule has 1 aromatic rings. The molecule has 1 rings (SSSR count). The summed E-state index contributed by atoms with van der Waals surface area (Å²) in [6.45, 7) is 15.4. The highest BCUT2D eigenvalue weighted by Gasteiger charge is 2.12. The second-order valence-electron chi connectivity index (χ2n) is 7.33. The first-order chi connectivity index (χ1) is 14.3. The number of nitrogens with one attached hydrogen (secondary N) is 2. The lowest BCUT2D eigenvalue weighted by molar-refractivity contribution is 0.209. The molecule has 0 aliphatic carbocycles. The smallest absolute Gasteiger partial charge is 0.321 e. The number of carbonyl (C=O) groups is 2. The fourth-order valence-corrected chi connectivity index (χ4v) is 2.94. The van der Waals surface area contributed by atoms with Crippen molar-refractivity contribution in [2.45, 2.75) is 27.7 Å². The molecule has 0 atom stereocenters. The second-order valence-corrected chi connectivity index (χ2v) is 7.33. The second kappa shape index (κ2) is 13.8. The molecule has 30 heavy (non-hydrogen) atoms. The summed E-state index contributed by atoms with van der Waals surface area (Å²) in [5.41, 5.74) is 1.39. The maximum absolute atomic E-state index is 12.3. The number of rotatable bonds is 12. The predicted molar refractivity (Wildman–Crippen MR) is 125 cm³/mol. The minimum atomic E-state index is -0.143. The van der Waals surface area contributed by atoms with E-state index in [4.69, 9.17) is 0 Å². The molecule has 4 amide bonds. The highest BCUT2D eigenvalue weighted by atomic mass is 16.2. The van der Waals surface area contributed by atoms with Gasteiger partial charge in [-0.2, -0.15) is 0 Å². The molecule has 1 aromatic carbocycles. The van der Waals surface area contributed by atoms with E-state index >= 15 is 0 Å². The van der Waals surface area contributed by atoms with Gasteiger partial charge in [-0.1, -0.05) is 27.7 Å². The Kier molecular flexibility index (Phi) is 11.8. The lowest BCUT2D eigenvalue weighted by atomic mass is 10.3. The van der Waals surface area contributed by atoms with Crippen molar-refractivity contribution in [2.24, 2.45) is 0 Å². The summed E-state index contributed by atoms with van der Waals surface area (Å²) in [7, 11) is 3.59. The van der Waals surface area contributed by atoms with Crippen LogP contribution in [0, 0.1) is 0 Å². The standard InChI is InChI=1S/C22H40N6O2/c1-7-27(8-2)17-15-25(5)21(29)23-19-11-13-20(14-12-19)24-22(30)26(6)16-18-28(9-3)10-4/h11-14H,7-10,15-18H2,1-6H3,(H,23,29)(H,24,30). The molecular formula is C22H40N6O2. The van der Waals surface area contributed by atoms with Crippen LogP contribution in [0.25, 0.3) is 0 Å². The van der Waals surface area contributed by atoms with Gasteiger partial charge in [0.25, 0.3) is 0 Å². The van der Waals surface area contributed by atoms with Gasteiger partial charge in [-0.15, -0.1) is 0 Å². The van der Waals surface area contributed by atoms with Crippen molar-refractivity contribution < 1.29 is 9.59 Å². The predicted octanol–water partition coefficient (Wildman–Crippen LogP) is 3.30. The molecule has 170 valence electrons. The molecule has 0 fully saturated rings. The van der Waals surface area contributed by atoms with Gasteiger partial charge in [0.1, 0.15) is 0 Å². The molecule has 8 nitrogen and oxygen atoms in total. The van der Waals surface area contributed by atoms with E-state index in [1.807, 2.05) is 0 Å². The Morgan fingerprint density at radius 2 is 0.933 bits per heavy atom. The molecule has 0 bridgehead atoms. The largest absolute Gasteiger partial charge is 0.326 e. The fourth-order valence-electron chi connectivity index (χ4n) is 2.94. The van der Waals surface area contributed by atoms with Crippen LogP contribution in [0.4, 0.5) is 21.0 Å². The SMILES string of the molecule is CCN(CC)CCN(C)C(=O)Nc1ccc(NC(=O)N(C)CCN(CC)CC)cc1. The van der Waals surface area contributed by atoms with Crippen LogP contribution >= 0.6 is 0 Å². The van der Waals surface area contributed by atoms with E-state index in [1.165, 1.54) is 0 Å². The Bertz CT molecular complexity index is 574. The average molecular weight is 421 g/mol. The third-order valence-corrected chi connectivity index (χ3v) is 5.37. The first-order valence-corrected chi connectivity index (χ1v) is 10.9. The van der Waals surface area contributed by atoms with Gasteiger partial charge in [-0.3, -0.25) is 0 Å². The van der Waals surface area contributed by atoms with E-state index in [1.54, 1.807) is 48.2 Å². The third-order valence-electron chi connectivity index (χ3n) is 5.37. The number of urea groups is 2. The van der Waals surface area contributed by atoms with Crippen LogP contribution in [-0.4, -0.2) is 98.1 Å². The minimum absolute atomic E-state index is 0.143. The average Bonchev–Trinajstić information content (AvgIpc) is 2.76. The Hall–Kier alpha value is -2.32. The molecule has 2 N–H and O–H groups in total. The summed E-state index contributed by atoms with van der Waals surface area (Å²) in [4.78, 5) is 32.6. The lowest BCUT2D eigenvalue weighted by Gasteiger charge is -2.24. The number of hydrogen-bond acceptors (Lipinski definition) is 4. The van der Waals surface area contributed by atoms with E-state index in [2.05, 4.69) is 48.1 Å². The summed E-state index contributed by atoms with van der Waals surface area (Å²) in [5, 5.41) is 5.78. The van der Waals surface area contributed by atoms with Gasteiger partial charge in [0, 0.05) is 51.6 Å². The number of amides is 4. The number of benzene rings is 1. The lowest BCUT2D eigenvalue weighted by Crippen LogP contribution is -2.38. The fraction of sp³-hybridized carbons (Fsp3) is 0.636. The zero-order valence-corrected chi connectivity index (χ0v) is 19.6. The number of carbonyl (C=O) groups excluding carboxylic acids is 2. The molecule has 0 aromatic heterocycles. The number of anilines is 2. The first-order valence-electron chi connectivity index (χ1n) is 10.9. The Labute approximate surface area is 182 Å². The highest BCUT2D eigenvalue weighted by Crippen LogP contribution is 2.14. The van der Waals surface area contributed by atoms with E-state index < -0.39 is 0 Å². The zero-order chi connectivity index (χ0) is 22.5. The zero-order valence-electron chi connectivity index (χ0n) is 19.6. The molecule has 0 unspecified atom stereocenters. The summed E-state index contributed by atoms with van der Waals surface area (Å²) in [5.74, 6) is 0. The quantitative estimate of drug-likeness (QED) is 0.544. The molecule has 0 aliphatic heterocycles. The highest BCUT2D eigenvalue weighted by molar-refractivity contribution is 5.91. The minimum Gasteiger partial charge on any atom is -0.326 e. The Balaban J connectivity index is 2.48. The van der Waals surface area contributed by atoms with Crippen molar-refractivity contribution in [3.8, 4) is 0 Å². The number of hydrogen-bond donors (Lipinski definition) is 2. The summed E-state index contributed by atoms with van der Waals surface area (Å²) < 4.78 is 0. The van der Waals surface area contributed by atoms with Gasteiger partial charge >= 0.3 is 12.1 Å². The monoisotopic (exact) mass is 420 g/mol. The van der Waals surface area contributed by atoms with Gasteiger partial charge in [0.05, 0.1) is 0 Å². The van der Waals surface area contributed by atoms with E-state index in [9.17, 15) is 9.59 Å². The molecule has 0 saturated carbocycles. The molecule has 0 aliphatic rings. The van der Waals surface area contributed by atoms with Crippen molar-refractivity contribution in [3.63, 3.8) is 0 Å².